The number of ether oxygens (including phenoxy) is 1. The van der Waals surface area contributed by atoms with E-state index >= 15 is 0 Å². The second-order valence-corrected chi connectivity index (χ2v) is 6.93. The van der Waals surface area contributed by atoms with Gasteiger partial charge in [-0.3, -0.25) is 0 Å². The zero-order valence-corrected chi connectivity index (χ0v) is 15.3. The van der Waals surface area contributed by atoms with Gasteiger partial charge < -0.3 is 21.7 Å². The van der Waals surface area contributed by atoms with Crippen LogP contribution in [0, 0.1) is 0 Å². The summed E-state index contributed by atoms with van der Waals surface area (Å²) in [5.41, 5.74) is 5.37. The molecule has 0 unspecified atom stereocenters. The molecule has 2 aliphatic rings. The van der Waals surface area contributed by atoms with Gasteiger partial charge in [-0.1, -0.05) is 6.07 Å². The van der Waals surface area contributed by atoms with Gasteiger partial charge in [0.25, 0.3) is 0 Å². The van der Waals surface area contributed by atoms with Crippen LogP contribution in [0.1, 0.15) is 43.5 Å². The molecular formula is C20H22BrNO. The van der Waals surface area contributed by atoms with Crippen molar-refractivity contribution in [2.75, 3.05) is 0 Å². The van der Waals surface area contributed by atoms with Crippen LogP contribution in [0.3, 0.4) is 0 Å². The highest BCUT2D eigenvalue weighted by atomic mass is 79.9. The highest BCUT2D eigenvalue weighted by Crippen LogP contribution is 2.34. The Kier molecular flexibility index (Phi) is 4.33. The van der Waals surface area contributed by atoms with Crippen LogP contribution >= 0.6 is 0 Å². The Morgan fingerprint density at radius 1 is 1.13 bits per heavy atom. The van der Waals surface area contributed by atoms with Crippen molar-refractivity contribution >= 4 is 11.6 Å². The molecule has 0 atom stereocenters. The maximum Gasteiger partial charge on any atom is 0.208 e. The van der Waals surface area contributed by atoms with Crippen LogP contribution in [0.15, 0.2) is 42.6 Å². The summed E-state index contributed by atoms with van der Waals surface area (Å²) in [7, 11) is 0. The van der Waals surface area contributed by atoms with E-state index in [1.165, 1.54) is 22.4 Å². The van der Waals surface area contributed by atoms with Crippen LogP contribution in [-0.2, 0) is 13.0 Å². The minimum Gasteiger partial charge on any atom is -1.00 e. The molecule has 4 rings (SSSR count). The van der Waals surface area contributed by atoms with Crippen molar-refractivity contribution in [2.24, 2.45) is 0 Å². The lowest BCUT2D eigenvalue weighted by molar-refractivity contribution is -0.689. The number of fused-ring (bicyclic) bond motifs is 2. The Morgan fingerprint density at radius 3 is 2.87 bits per heavy atom. The fourth-order valence-corrected chi connectivity index (χ4v) is 3.45. The molecule has 0 N–H and O–H groups in total. The van der Waals surface area contributed by atoms with Gasteiger partial charge in [0.05, 0.1) is 0 Å². The fraction of sp³-hybridized carbons (Fsp3) is 0.350. The largest absolute Gasteiger partial charge is 1.00 e. The number of rotatable bonds is 1. The summed E-state index contributed by atoms with van der Waals surface area (Å²) in [6.07, 6.45) is 7.80. The molecule has 0 amide bonds. The van der Waals surface area contributed by atoms with Gasteiger partial charge in [0.15, 0.2) is 12.7 Å². The van der Waals surface area contributed by atoms with Crippen LogP contribution in [0.25, 0.3) is 11.6 Å². The quantitative estimate of drug-likeness (QED) is 0.682. The van der Waals surface area contributed by atoms with E-state index in [1.807, 2.05) is 0 Å². The molecule has 0 saturated carbocycles. The number of benzene rings is 1. The average molecular weight is 372 g/mol. The predicted octanol–water partition coefficient (Wildman–Crippen LogP) is 1.03. The van der Waals surface area contributed by atoms with E-state index in [9.17, 15) is 0 Å². The van der Waals surface area contributed by atoms with Crippen molar-refractivity contribution in [1.29, 1.82) is 0 Å². The van der Waals surface area contributed by atoms with Crippen LogP contribution < -0.4 is 26.3 Å². The predicted molar refractivity (Wildman–Crippen MR) is 88.6 cm³/mol. The summed E-state index contributed by atoms with van der Waals surface area (Å²) >= 11 is 0. The Balaban J connectivity index is 0.00000156. The van der Waals surface area contributed by atoms with Gasteiger partial charge >= 0.3 is 0 Å². The number of allylic oxidation sites excluding steroid dienone is 1. The molecule has 2 nitrogen and oxygen atoms in total. The molecule has 1 aromatic heterocycles. The summed E-state index contributed by atoms with van der Waals surface area (Å²) in [6.45, 7) is 5.42. The van der Waals surface area contributed by atoms with Gasteiger partial charge in [0.2, 0.25) is 5.69 Å². The minimum atomic E-state index is -0.0337. The zero-order valence-electron chi connectivity index (χ0n) is 13.7. The van der Waals surface area contributed by atoms with E-state index in [2.05, 4.69) is 67.1 Å². The summed E-state index contributed by atoms with van der Waals surface area (Å²) in [6, 6.07) is 13.0. The first-order valence-electron chi connectivity index (χ1n) is 8.12. The first-order valence-corrected chi connectivity index (χ1v) is 8.12. The van der Waals surface area contributed by atoms with Crippen molar-refractivity contribution in [3.8, 4) is 5.75 Å². The van der Waals surface area contributed by atoms with E-state index in [0.717, 1.165) is 31.6 Å². The molecule has 0 bridgehead atoms. The second kappa shape index (κ2) is 6.12. The molecule has 1 aromatic carbocycles. The molecule has 0 fully saturated rings. The Labute approximate surface area is 148 Å². The molecule has 0 saturated heterocycles. The monoisotopic (exact) mass is 371 g/mol. The summed E-state index contributed by atoms with van der Waals surface area (Å²) < 4.78 is 8.40. The summed E-state index contributed by atoms with van der Waals surface area (Å²) in [4.78, 5) is 0. The van der Waals surface area contributed by atoms with E-state index in [0.29, 0.717) is 0 Å². The molecule has 2 aromatic rings. The fourth-order valence-electron chi connectivity index (χ4n) is 3.45. The Hall–Kier alpha value is -1.61. The van der Waals surface area contributed by atoms with Crippen LogP contribution in [0.4, 0.5) is 0 Å². The van der Waals surface area contributed by atoms with E-state index in [1.54, 1.807) is 0 Å². The van der Waals surface area contributed by atoms with Crippen molar-refractivity contribution in [3.05, 3.63) is 59.4 Å². The lowest BCUT2D eigenvalue weighted by Gasteiger charge is -2.32. The second-order valence-electron chi connectivity index (χ2n) is 6.93. The van der Waals surface area contributed by atoms with Gasteiger partial charge in [0.1, 0.15) is 11.4 Å². The molecule has 120 valence electrons. The highest BCUT2D eigenvalue weighted by Gasteiger charge is 2.27. The Bertz CT molecular complexity index is 764. The van der Waals surface area contributed by atoms with E-state index < -0.39 is 0 Å². The molecule has 2 aliphatic heterocycles. The molecule has 3 heteroatoms. The normalized spacial score (nSPS) is 19.5. The smallest absolute Gasteiger partial charge is 0.208 e. The molecule has 23 heavy (non-hydrogen) atoms. The summed E-state index contributed by atoms with van der Waals surface area (Å²) in [5.74, 6) is 1.06. The van der Waals surface area contributed by atoms with Gasteiger partial charge in [-0.05, 0) is 62.1 Å². The first-order chi connectivity index (χ1) is 10.6. The number of aryl methyl sites for hydroxylation is 2. The molecule has 0 aliphatic carbocycles. The number of aromatic nitrogens is 1. The molecule has 3 heterocycles. The van der Waals surface area contributed by atoms with Crippen molar-refractivity contribution in [2.45, 2.75) is 45.3 Å². The van der Waals surface area contributed by atoms with Gasteiger partial charge in [-0.15, -0.1) is 0 Å². The molecule has 0 spiro atoms. The standard InChI is InChI=1S/C20H22NO.BrH/c1-20(2)10-8-17-14-15(6-7-19(17)22-20)13-16-9-12-21-11-4-3-5-18(16)21;/h3-7,11,13-14H,8-10,12H2,1-2H3;1H/q+1;/p-1/b16-13+;. The third-order valence-corrected chi connectivity index (χ3v) is 4.70. The maximum absolute atomic E-state index is 6.08. The number of halogens is 1. The average Bonchev–Trinajstić information content (AvgIpc) is 2.90. The van der Waals surface area contributed by atoms with Crippen molar-refractivity contribution in [1.82, 2.24) is 0 Å². The lowest BCUT2D eigenvalue weighted by atomic mass is 9.93. The number of hydrogen-bond acceptors (Lipinski definition) is 1. The van der Waals surface area contributed by atoms with Gasteiger partial charge in [-0.2, -0.15) is 4.57 Å². The van der Waals surface area contributed by atoms with E-state index in [4.69, 9.17) is 4.74 Å². The minimum absolute atomic E-state index is 0. The van der Waals surface area contributed by atoms with Crippen LogP contribution in [0.5, 0.6) is 5.75 Å². The third-order valence-electron chi connectivity index (χ3n) is 4.70. The van der Waals surface area contributed by atoms with Crippen molar-refractivity contribution < 1.29 is 26.3 Å². The Morgan fingerprint density at radius 2 is 2.00 bits per heavy atom. The number of pyridine rings is 1. The van der Waals surface area contributed by atoms with Gasteiger partial charge in [0, 0.05) is 24.1 Å². The maximum atomic E-state index is 6.08. The molecular weight excluding hydrogens is 350 g/mol. The van der Waals surface area contributed by atoms with E-state index in [-0.39, 0.29) is 22.6 Å². The first kappa shape index (κ1) is 16.3. The zero-order chi connectivity index (χ0) is 15.2. The number of hydrogen-bond donors (Lipinski definition) is 0. The highest BCUT2D eigenvalue weighted by molar-refractivity contribution is 5.80. The SMILES string of the molecule is CC1(C)CCc2cc(/C=C3\CC[n+]4ccccc43)ccc2O1.[Br-]. The van der Waals surface area contributed by atoms with Crippen LogP contribution in [0.2, 0.25) is 0 Å². The van der Waals surface area contributed by atoms with Crippen LogP contribution in [-0.4, -0.2) is 5.60 Å². The van der Waals surface area contributed by atoms with Gasteiger partial charge in [-0.25, -0.2) is 0 Å². The third kappa shape index (κ3) is 3.20. The lowest BCUT2D eigenvalue weighted by Crippen LogP contribution is -3.00. The topological polar surface area (TPSA) is 13.1 Å². The van der Waals surface area contributed by atoms with Crippen molar-refractivity contribution in [3.63, 3.8) is 0 Å². The molecule has 0 radical (unpaired) electrons. The number of nitrogens with zero attached hydrogens (tertiary/aromatic N) is 1. The summed E-state index contributed by atoms with van der Waals surface area (Å²) in [5, 5.41) is 0.